The molecule has 0 saturated heterocycles. The third-order valence-corrected chi connectivity index (χ3v) is 2.64. The SMILES string of the molecule is CCCNc1ccnc(C(=O)NCc2ccncn2)c1. The fourth-order valence-corrected chi connectivity index (χ4v) is 1.62. The van der Waals surface area contributed by atoms with Crippen LogP contribution >= 0.6 is 0 Å². The van der Waals surface area contributed by atoms with Crippen LogP contribution in [0.1, 0.15) is 29.5 Å². The molecular formula is C14H17N5O. The number of nitrogens with zero attached hydrogens (tertiary/aromatic N) is 3. The normalized spacial score (nSPS) is 10.1. The van der Waals surface area contributed by atoms with Crippen molar-refractivity contribution in [3.63, 3.8) is 0 Å². The second-order valence-corrected chi connectivity index (χ2v) is 4.24. The topological polar surface area (TPSA) is 79.8 Å². The van der Waals surface area contributed by atoms with E-state index in [1.54, 1.807) is 24.5 Å². The Balaban J connectivity index is 1.95. The number of pyridine rings is 1. The Morgan fingerprint density at radius 3 is 2.90 bits per heavy atom. The molecule has 0 atom stereocenters. The van der Waals surface area contributed by atoms with E-state index < -0.39 is 0 Å². The van der Waals surface area contributed by atoms with Crippen molar-refractivity contribution < 1.29 is 4.79 Å². The van der Waals surface area contributed by atoms with E-state index in [1.165, 1.54) is 6.33 Å². The standard InChI is InChI=1S/C14H17N5O/c1-2-5-16-11-4-7-17-13(8-11)14(20)18-9-12-3-6-15-10-19-12/h3-4,6-8,10H,2,5,9H2,1H3,(H,16,17)(H,18,20). The lowest BCUT2D eigenvalue weighted by molar-refractivity contribution is 0.0945. The highest BCUT2D eigenvalue weighted by atomic mass is 16.1. The number of hydrogen-bond acceptors (Lipinski definition) is 5. The van der Waals surface area contributed by atoms with E-state index in [0.29, 0.717) is 12.2 Å². The summed E-state index contributed by atoms with van der Waals surface area (Å²) < 4.78 is 0. The minimum absolute atomic E-state index is 0.219. The first-order valence-electron chi connectivity index (χ1n) is 6.52. The van der Waals surface area contributed by atoms with E-state index >= 15 is 0 Å². The molecule has 0 aliphatic heterocycles. The lowest BCUT2D eigenvalue weighted by atomic mass is 10.3. The van der Waals surface area contributed by atoms with Gasteiger partial charge in [0.2, 0.25) is 0 Å². The second-order valence-electron chi connectivity index (χ2n) is 4.24. The van der Waals surface area contributed by atoms with Crippen molar-refractivity contribution in [2.24, 2.45) is 0 Å². The predicted molar refractivity (Wildman–Crippen MR) is 76.2 cm³/mol. The van der Waals surface area contributed by atoms with Gasteiger partial charge in [0.05, 0.1) is 12.2 Å². The van der Waals surface area contributed by atoms with Crippen molar-refractivity contribution in [1.82, 2.24) is 20.3 Å². The summed E-state index contributed by atoms with van der Waals surface area (Å²) in [5.74, 6) is -0.219. The van der Waals surface area contributed by atoms with Gasteiger partial charge in [0.15, 0.2) is 0 Å². The van der Waals surface area contributed by atoms with Crippen LogP contribution in [0.3, 0.4) is 0 Å². The summed E-state index contributed by atoms with van der Waals surface area (Å²) in [6, 6.07) is 5.34. The van der Waals surface area contributed by atoms with Crippen molar-refractivity contribution in [3.8, 4) is 0 Å². The molecular weight excluding hydrogens is 254 g/mol. The molecule has 0 radical (unpaired) electrons. The summed E-state index contributed by atoms with van der Waals surface area (Å²) in [7, 11) is 0. The van der Waals surface area contributed by atoms with Crippen LogP contribution in [0.15, 0.2) is 36.9 Å². The van der Waals surface area contributed by atoms with Gasteiger partial charge in [-0.05, 0) is 24.6 Å². The van der Waals surface area contributed by atoms with Crippen LogP contribution in [-0.2, 0) is 6.54 Å². The van der Waals surface area contributed by atoms with Gasteiger partial charge in [-0.1, -0.05) is 6.92 Å². The molecule has 0 aliphatic carbocycles. The molecule has 2 aromatic heterocycles. The summed E-state index contributed by atoms with van der Waals surface area (Å²) in [6.45, 7) is 3.31. The zero-order valence-electron chi connectivity index (χ0n) is 11.3. The number of anilines is 1. The third kappa shape index (κ3) is 4.01. The number of aromatic nitrogens is 3. The van der Waals surface area contributed by atoms with Gasteiger partial charge in [-0.15, -0.1) is 0 Å². The van der Waals surface area contributed by atoms with E-state index in [-0.39, 0.29) is 5.91 Å². The molecule has 20 heavy (non-hydrogen) atoms. The Morgan fingerprint density at radius 2 is 2.15 bits per heavy atom. The summed E-state index contributed by atoms with van der Waals surface area (Å²) in [4.78, 5) is 23.9. The highest BCUT2D eigenvalue weighted by molar-refractivity contribution is 5.93. The van der Waals surface area contributed by atoms with Crippen LogP contribution in [-0.4, -0.2) is 27.4 Å². The van der Waals surface area contributed by atoms with Crippen molar-refractivity contribution in [1.29, 1.82) is 0 Å². The van der Waals surface area contributed by atoms with Gasteiger partial charge in [-0.25, -0.2) is 9.97 Å². The van der Waals surface area contributed by atoms with Gasteiger partial charge in [-0.3, -0.25) is 9.78 Å². The Morgan fingerprint density at radius 1 is 1.25 bits per heavy atom. The molecule has 1 amide bonds. The fourth-order valence-electron chi connectivity index (χ4n) is 1.62. The first-order valence-corrected chi connectivity index (χ1v) is 6.52. The van der Waals surface area contributed by atoms with Crippen LogP contribution < -0.4 is 10.6 Å². The quantitative estimate of drug-likeness (QED) is 0.834. The third-order valence-electron chi connectivity index (χ3n) is 2.64. The molecule has 0 saturated carbocycles. The molecule has 104 valence electrons. The van der Waals surface area contributed by atoms with Gasteiger partial charge in [0.1, 0.15) is 12.0 Å². The van der Waals surface area contributed by atoms with E-state index in [4.69, 9.17) is 0 Å². The summed E-state index contributed by atoms with van der Waals surface area (Å²) in [6.07, 6.45) is 5.74. The highest BCUT2D eigenvalue weighted by Crippen LogP contribution is 2.08. The van der Waals surface area contributed by atoms with Gasteiger partial charge in [0, 0.05) is 24.6 Å². The maximum absolute atomic E-state index is 12.0. The largest absolute Gasteiger partial charge is 0.385 e. The van der Waals surface area contributed by atoms with Crippen molar-refractivity contribution in [2.45, 2.75) is 19.9 Å². The Hall–Kier alpha value is -2.50. The zero-order valence-corrected chi connectivity index (χ0v) is 11.3. The average molecular weight is 271 g/mol. The van der Waals surface area contributed by atoms with Gasteiger partial charge >= 0.3 is 0 Å². The Labute approximate surface area is 117 Å². The lowest BCUT2D eigenvalue weighted by Crippen LogP contribution is -2.24. The molecule has 2 N–H and O–H groups in total. The smallest absolute Gasteiger partial charge is 0.270 e. The molecule has 2 heterocycles. The number of rotatable bonds is 6. The number of nitrogens with one attached hydrogen (secondary N) is 2. The maximum Gasteiger partial charge on any atom is 0.270 e. The van der Waals surface area contributed by atoms with Crippen LogP contribution in [0.25, 0.3) is 0 Å². The first-order chi connectivity index (χ1) is 9.79. The van der Waals surface area contributed by atoms with E-state index in [2.05, 4.69) is 32.5 Å². The van der Waals surface area contributed by atoms with Crippen molar-refractivity contribution in [3.05, 3.63) is 48.3 Å². The summed E-state index contributed by atoms with van der Waals surface area (Å²) >= 11 is 0. The minimum Gasteiger partial charge on any atom is -0.385 e. The van der Waals surface area contributed by atoms with Crippen LogP contribution in [0, 0.1) is 0 Å². The maximum atomic E-state index is 12.0. The van der Waals surface area contributed by atoms with Gasteiger partial charge in [-0.2, -0.15) is 0 Å². The highest BCUT2D eigenvalue weighted by Gasteiger charge is 2.07. The summed E-state index contributed by atoms with van der Waals surface area (Å²) in [5, 5.41) is 6.00. The molecule has 0 bridgehead atoms. The van der Waals surface area contributed by atoms with Crippen LogP contribution in [0.5, 0.6) is 0 Å². The zero-order chi connectivity index (χ0) is 14.2. The molecule has 2 aromatic rings. The fraction of sp³-hybridized carbons (Fsp3) is 0.286. The van der Waals surface area contributed by atoms with Crippen LogP contribution in [0.2, 0.25) is 0 Å². The molecule has 0 spiro atoms. The number of amides is 1. The molecule has 0 fully saturated rings. The lowest BCUT2D eigenvalue weighted by Gasteiger charge is -2.07. The number of carbonyl (C=O) groups excluding carboxylic acids is 1. The number of hydrogen-bond donors (Lipinski definition) is 2. The van der Waals surface area contributed by atoms with Crippen molar-refractivity contribution in [2.75, 3.05) is 11.9 Å². The van der Waals surface area contributed by atoms with E-state index in [1.807, 2.05) is 6.07 Å². The number of carbonyl (C=O) groups is 1. The molecule has 0 aromatic carbocycles. The van der Waals surface area contributed by atoms with E-state index in [0.717, 1.165) is 24.3 Å². The van der Waals surface area contributed by atoms with Gasteiger partial charge in [0.25, 0.3) is 5.91 Å². The molecule has 6 heteroatoms. The second kappa shape index (κ2) is 7.18. The summed E-state index contributed by atoms with van der Waals surface area (Å²) in [5.41, 5.74) is 2.04. The van der Waals surface area contributed by atoms with Gasteiger partial charge < -0.3 is 10.6 Å². The molecule has 0 aliphatic rings. The van der Waals surface area contributed by atoms with Crippen LogP contribution in [0.4, 0.5) is 5.69 Å². The monoisotopic (exact) mass is 271 g/mol. The first kappa shape index (κ1) is 13.9. The molecule has 2 rings (SSSR count). The Kier molecular flexibility index (Phi) is 5.00. The minimum atomic E-state index is -0.219. The molecule has 6 nitrogen and oxygen atoms in total. The van der Waals surface area contributed by atoms with Crippen molar-refractivity contribution >= 4 is 11.6 Å². The molecule has 0 unspecified atom stereocenters. The Bertz CT molecular complexity index is 559. The predicted octanol–water partition coefficient (Wildman–Crippen LogP) is 1.62. The average Bonchev–Trinajstić information content (AvgIpc) is 2.52. The van der Waals surface area contributed by atoms with E-state index in [9.17, 15) is 4.79 Å².